The van der Waals surface area contributed by atoms with Crippen LogP contribution in [0.5, 0.6) is 0 Å². The number of rotatable bonds is 3. The van der Waals surface area contributed by atoms with E-state index in [9.17, 15) is 5.26 Å². The van der Waals surface area contributed by atoms with Crippen molar-refractivity contribution in [3.63, 3.8) is 0 Å². The number of hydrogen-bond acceptors (Lipinski definition) is 5. The Morgan fingerprint density at radius 3 is 1.24 bits per heavy atom. The number of nitriles is 1. The summed E-state index contributed by atoms with van der Waals surface area (Å²) in [7, 11) is 0. The van der Waals surface area contributed by atoms with E-state index in [1.165, 1.54) is 21.8 Å². The third-order valence-electron chi connectivity index (χ3n) is 19.5. The molecule has 8 nitrogen and oxygen atoms in total. The first-order chi connectivity index (χ1) is 43.1. The molecule has 87 heavy (non-hydrogen) atoms. The molecule has 0 aliphatic carbocycles. The summed E-state index contributed by atoms with van der Waals surface area (Å²) in [6.07, 6.45) is 0. The maximum atomic E-state index is 9.68. The van der Waals surface area contributed by atoms with E-state index in [2.05, 4.69) is 207 Å². The number of nitrogens with zero attached hydrogens (tertiary/aromatic N) is 4. The fourth-order valence-corrected chi connectivity index (χ4v) is 15.9. The molecule has 0 radical (unpaired) electrons. The first-order valence-corrected chi connectivity index (χ1v) is 29.4. The zero-order valence-corrected chi connectivity index (χ0v) is 45.9. The molecule has 9 aromatic heterocycles. The smallest absolute Gasteiger partial charge is 0.160 e. The van der Waals surface area contributed by atoms with Crippen molar-refractivity contribution in [2.24, 2.45) is 0 Å². The second-order valence-corrected chi connectivity index (χ2v) is 23.7. The van der Waals surface area contributed by atoms with Gasteiger partial charge in [-0.25, -0.2) is 0 Å². The highest BCUT2D eigenvalue weighted by Crippen LogP contribution is 2.52. The van der Waals surface area contributed by atoms with Gasteiger partial charge in [-0.3, -0.25) is 0 Å². The summed E-state index contributed by atoms with van der Waals surface area (Å²) in [4.78, 5) is 0. The molecule has 0 unspecified atom stereocenters. The molecule has 9 heterocycles. The van der Waals surface area contributed by atoms with Gasteiger partial charge in [-0.05, 0) is 125 Å². The van der Waals surface area contributed by atoms with Crippen molar-refractivity contribution in [1.29, 1.82) is 5.26 Å². The van der Waals surface area contributed by atoms with Crippen molar-refractivity contribution < 1.29 is 17.7 Å². The van der Waals surface area contributed by atoms with Gasteiger partial charge in [0.1, 0.15) is 22.3 Å². The first kappa shape index (κ1) is 44.5. The van der Waals surface area contributed by atoms with E-state index in [4.69, 9.17) is 17.7 Å². The van der Waals surface area contributed by atoms with Gasteiger partial charge in [-0.1, -0.05) is 127 Å². The van der Waals surface area contributed by atoms with Gasteiger partial charge in [0.15, 0.2) is 22.3 Å². The van der Waals surface area contributed by atoms with Gasteiger partial charge < -0.3 is 31.0 Å². The second-order valence-electron chi connectivity index (χ2n) is 23.7. The summed E-state index contributed by atoms with van der Waals surface area (Å²) < 4.78 is 35.5. The van der Waals surface area contributed by atoms with Crippen LogP contribution in [0.15, 0.2) is 248 Å². The predicted molar refractivity (Wildman–Crippen MR) is 355 cm³/mol. The van der Waals surface area contributed by atoms with Crippen molar-refractivity contribution in [1.82, 2.24) is 13.4 Å². The molecule has 398 valence electrons. The summed E-state index contributed by atoms with van der Waals surface area (Å²) in [5.74, 6) is 0. The Bertz CT molecular complexity index is 6890. The normalized spacial score (nSPS) is 12.8. The minimum Gasteiger partial charge on any atom is -0.454 e. The predicted octanol–water partition coefficient (Wildman–Crippen LogP) is 21.9. The average Bonchev–Trinajstić information content (AvgIpc) is 1.55. The fourth-order valence-electron chi connectivity index (χ4n) is 15.9. The van der Waals surface area contributed by atoms with Crippen LogP contribution in [0.2, 0.25) is 0 Å². The van der Waals surface area contributed by atoms with E-state index >= 15 is 0 Å². The Morgan fingerprint density at radius 1 is 0.276 bits per heavy atom. The first-order valence-electron chi connectivity index (χ1n) is 29.4. The van der Waals surface area contributed by atoms with Crippen LogP contribution >= 0.6 is 0 Å². The number of para-hydroxylation sites is 4. The van der Waals surface area contributed by atoms with E-state index in [1.54, 1.807) is 0 Å². The Kier molecular flexibility index (Phi) is 7.87. The lowest BCUT2D eigenvalue weighted by Gasteiger charge is -2.09. The van der Waals surface area contributed by atoms with Crippen molar-refractivity contribution in [2.75, 3.05) is 0 Å². The third-order valence-corrected chi connectivity index (χ3v) is 19.5. The Labute approximate surface area is 489 Å². The van der Waals surface area contributed by atoms with Crippen LogP contribution in [0.4, 0.5) is 0 Å². The maximum Gasteiger partial charge on any atom is 0.160 e. The van der Waals surface area contributed by atoms with E-state index in [0.717, 1.165) is 192 Å². The summed E-state index contributed by atoms with van der Waals surface area (Å²) in [5, 5.41) is 29.6. The summed E-state index contributed by atoms with van der Waals surface area (Å²) in [5.41, 5.74) is 21.3. The molecular weight excluding hydrogens is 1070 g/mol. The summed E-state index contributed by atoms with van der Waals surface area (Å²) in [6, 6.07) is 84.8. The number of aromatic nitrogens is 3. The molecule has 0 atom stereocenters. The molecule has 0 bridgehead atoms. The van der Waals surface area contributed by atoms with Gasteiger partial charge in [-0.2, -0.15) is 5.26 Å². The number of furan rings is 4. The largest absolute Gasteiger partial charge is 0.454 e. The van der Waals surface area contributed by atoms with Crippen LogP contribution < -0.4 is 0 Å². The van der Waals surface area contributed by atoms with Crippen LogP contribution in [0.1, 0.15) is 5.56 Å². The second kappa shape index (κ2) is 15.4. The zero-order valence-electron chi connectivity index (χ0n) is 45.9. The van der Waals surface area contributed by atoms with Crippen molar-refractivity contribution in [3.05, 3.63) is 236 Å². The lowest BCUT2D eigenvalue weighted by molar-refractivity contribution is 0.669. The van der Waals surface area contributed by atoms with Crippen LogP contribution in [0.3, 0.4) is 0 Å². The maximum absolute atomic E-state index is 9.68. The molecule has 22 aromatic rings. The van der Waals surface area contributed by atoms with Crippen LogP contribution in [0.25, 0.3) is 214 Å². The highest BCUT2D eigenvalue weighted by Gasteiger charge is 2.29. The average molecular weight is 1110 g/mol. The number of benzene rings is 13. The molecule has 0 aliphatic rings. The van der Waals surface area contributed by atoms with E-state index in [0.29, 0.717) is 5.56 Å². The van der Waals surface area contributed by atoms with Gasteiger partial charge >= 0.3 is 0 Å². The van der Waals surface area contributed by atoms with Gasteiger partial charge in [0.05, 0.1) is 55.8 Å². The molecule has 0 saturated heterocycles. The monoisotopic (exact) mass is 1110 g/mol. The summed E-state index contributed by atoms with van der Waals surface area (Å²) >= 11 is 0. The highest BCUT2D eigenvalue weighted by atomic mass is 16.3. The van der Waals surface area contributed by atoms with E-state index in [1.807, 2.05) is 42.5 Å². The zero-order chi connectivity index (χ0) is 56.2. The molecule has 0 saturated carbocycles. The van der Waals surface area contributed by atoms with Crippen molar-refractivity contribution in [2.45, 2.75) is 0 Å². The molecule has 0 aliphatic heterocycles. The van der Waals surface area contributed by atoms with Crippen molar-refractivity contribution in [3.8, 4) is 34.0 Å². The van der Waals surface area contributed by atoms with Crippen molar-refractivity contribution >= 4 is 186 Å². The van der Waals surface area contributed by atoms with E-state index < -0.39 is 0 Å². The third kappa shape index (κ3) is 5.37. The molecule has 8 heteroatoms. The lowest BCUT2D eigenvalue weighted by atomic mass is 9.97. The molecule has 13 aromatic carbocycles. The fraction of sp³-hybridized carbons (Fsp3) is 0. The minimum absolute atomic E-state index is 0.631. The highest BCUT2D eigenvalue weighted by molar-refractivity contribution is 6.34. The minimum atomic E-state index is 0.631. The SMILES string of the molecule is N#Cc1ccc(-c2cc3c4ccc5c6ccccc6oc5c4n4c3c(c2)c2ccc3c5cc(-c6cccc7oc8c(ccc9c%10cc(-n%11c%12ccccc%12c%12ccccc%12%11)cc%11c%12ccc%13c%14ccccc%14oc%13c%12n(c%11%10)c98)c67)ccc5oc3c24)cc1. The standard InChI is InChI=1S/C79H38N4O4/c80-39-40-20-22-41(23-21-40)43-35-59-50-25-29-54-48-12-3-7-17-65(48)84-76(54)72(50)82-70(59)60(36-43)51-27-31-56-58-34-42(24-33-67(58)86-78(56)73(51)82)45-14-9-19-68-69(45)57-32-28-53-62-38-44(81-63-15-5-1-10-46(63)47-11-2-6-16-64(47)81)37-61-52-26-30-55-49-13-4-8-18-66(49)85-77(55)74(52)83(71(61)62)75(53)79(57)87-68/h1-38H. The molecule has 0 N–H and O–H groups in total. The van der Waals surface area contributed by atoms with Gasteiger partial charge in [0.25, 0.3) is 0 Å². The van der Waals surface area contributed by atoms with E-state index in [-0.39, 0.29) is 0 Å². The molecule has 22 rings (SSSR count). The summed E-state index contributed by atoms with van der Waals surface area (Å²) in [6.45, 7) is 0. The van der Waals surface area contributed by atoms with Gasteiger partial charge in [-0.15, -0.1) is 0 Å². The Balaban J connectivity index is 0.797. The molecule has 0 amide bonds. The number of hydrogen-bond donors (Lipinski definition) is 0. The molecule has 0 spiro atoms. The van der Waals surface area contributed by atoms with Crippen LogP contribution in [-0.4, -0.2) is 13.4 Å². The van der Waals surface area contributed by atoms with Gasteiger partial charge in [0, 0.05) is 103 Å². The topological polar surface area (TPSA) is 90.1 Å². The van der Waals surface area contributed by atoms with Gasteiger partial charge in [0.2, 0.25) is 0 Å². The number of fused-ring (bicyclic) bond motifs is 31. The molecular formula is C79H38N4O4. The Morgan fingerprint density at radius 2 is 0.690 bits per heavy atom. The van der Waals surface area contributed by atoms with Crippen LogP contribution in [-0.2, 0) is 0 Å². The lowest BCUT2D eigenvalue weighted by Crippen LogP contribution is -1.93. The quantitative estimate of drug-likeness (QED) is 0.176. The van der Waals surface area contributed by atoms with Crippen LogP contribution in [0, 0.1) is 11.3 Å². The Hall–Kier alpha value is -12.1. The molecule has 0 fully saturated rings.